The number of nitrogens with one attached hydrogen (secondary N) is 2. The Labute approximate surface area is 241 Å². The number of carbonyl (C=O) groups excluding carboxylic acids is 2. The monoisotopic (exact) mass is 559 g/mol. The van der Waals surface area contributed by atoms with E-state index in [1.165, 1.54) is 12.8 Å². The number of hydrogen-bond donors (Lipinski definition) is 2. The van der Waals surface area contributed by atoms with Crippen molar-refractivity contribution in [2.45, 2.75) is 76.9 Å². The number of hydrogen-bond acceptors (Lipinski definition) is 6. The minimum Gasteiger partial charge on any atom is -0.376 e. The second-order valence-corrected chi connectivity index (χ2v) is 11.6. The molecule has 2 aromatic heterocycles. The fraction of sp³-hybridized carbons (Fsp3) is 0.548. The molecule has 2 N–H and O–H groups in total. The number of amides is 3. The first-order valence-corrected chi connectivity index (χ1v) is 15.3. The van der Waals surface area contributed by atoms with Gasteiger partial charge in [0.2, 0.25) is 0 Å². The number of aromatic nitrogens is 3. The maximum atomic E-state index is 13.7. The number of rotatable bonds is 6. The standard InChI is InChI=1S/C31H41N7O3/c1-22-9-4-2-7-17-37(22)30(39)27-20-29(36-15-5-3-6-16-36)38-28(34-27)19-26(35-38)23-11-13-24(14-12-23)33-31(40)32-21-25-10-8-18-41-25/h11-14,19-20,22,25H,2-10,15-18,21H2,1H3,(H2,32,33,40). The molecule has 3 aromatic rings. The van der Waals surface area contributed by atoms with E-state index in [1.54, 1.807) is 0 Å². The van der Waals surface area contributed by atoms with Crippen LogP contribution in [0.4, 0.5) is 16.3 Å². The number of benzene rings is 1. The molecule has 3 aliphatic heterocycles. The van der Waals surface area contributed by atoms with Crippen LogP contribution in [0.1, 0.15) is 75.2 Å². The second kappa shape index (κ2) is 12.5. The largest absolute Gasteiger partial charge is 0.376 e. The lowest BCUT2D eigenvalue weighted by atomic mass is 10.1. The zero-order valence-electron chi connectivity index (χ0n) is 24.0. The molecule has 10 heteroatoms. The summed E-state index contributed by atoms with van der Waals surface area (Å²) in [7, 11) is 0. The van der Waals surface area contributed by atoms with Gasteiger partial charge in [-0.25, -0.2) is 9.78 Å². The lowest BCUT2D eigenvalue weighted by molar-refractivity contribution is 0.0692. The summed E-state index contributed by atoms with van der Waals surface area (Å²) >= 11 is 0. The van der Waals surface area contributed by atoms with Gasteiger partial charge in [0.25, 0.3) is 5.91 Å². The Hall–Kier alpha value is -3.66. The normalized spacial score (nSPS) is 21.6. The van der Waals surface area contributed by atoms with Crippen LogP contribution in [0.2, 0.25) is 0 Å². The topological polar surface area (TPSA) is 104 Å². The molecule has 0 bridgehead atoms. The van der Waals surface area contributed by atoms with Gasteiger partial charge in [-0.3, -0.25) is 4.79 Å². The van der Waals surface area contributed by atoms with E-state index in [4.69, 9.17) is 14.8 Å². The number of likely N-dealkylation sites (tertiary alicyclic amines) is 1. The van der Waals surface area contributed by atoms with Gasteiger partial charge in [0.15, 0.2) is 5.65 Å². The molecule has 10 nitrogen and oxygen atoms in total. The Bertz CT molecular complexity index is 1360. The molecular weight excluding hydrogens is 518 g/mol. The van der Waals surface area contributed by atoms with Crippen LogP contribution in [0, 0.1) is 0 Å². The highest BCUT2D eigenvalue weighted by atomic mass is 16.5. The van der Waals surface area contributed by atoms with E-state index < -0.39 is 0 Å². The van der Waals surface area contributed by atoms with Gasteiger partial charge in [0, 0.05) is 62.2 Å². The van der Waals surface area contributed by atoms with E-state index in [9.17, 15) is 9.59 Å². The predicted octanol–water partition coefficient (Wildman–Crippen LogP) is 5.09. The van der Waals surface area contributed by atoms with Crippen LogP contribution < -0.4 is 15.5 Å². The molecule has 0 aliphatic carbocycles. The van der Waals surface area contributed by atoms with Crippen molar-refractivity contribution in [1.82, 2.24) is 24.8 Å². The fourth-order valence-corrected chi connectivity index (χ4v) is 6.19. The van der Waals surface area contributed by atoms with Crippen LogP contribution in [0.25, 0.3) is 16.9 Å². The molecule has 0 radical (unpaired) electrons. The van der Waals surface area contributed by atoms with Gasteiger partial charge in [-0.2, -0.15) is 9.61 Å². The number of ether oxygens (including phenoxy) is 1. The summed E-state index contributed by atoms with van der Waals surface area (Å²) in [6.07, 6.45) is 10.00. The van der Waals surface area contributed by atoms with E-state index in [-0.39, 0.29) is 24.1 Å². The van der Waals surface area contributed by atoms with Gasteiger partial charge < -0.3 is 25.2 Å². The van der Waals surface area contributed by atoms with E-state index in [0.29, 0.717) is 23.6 Å². The molecule has 3 saturated heterocycles. The van der Waals surface area contributed by atoms with Crippen molar-refractivity contribution in [2.75, 3.05) is 43.0 Å². The van der Waals surface area contributed by atoms with Gasteiger partial charge >= 0.3 is 6.03 Å². The van der Waals surface area contributed by atoms with Crippen LogP contribution in [0.5, 0.6) is 0 Å². The predicted molar refractivity (Wildman–Crippen MR) is 159 cm³/mol. The Morgan fingerprint density at radius 1 is 0.951 bits per heavy atom. The summed E-state index contributed by atoms with van der Waals surface area (Å²) in [4.78, 5) is 35.2. The summed E-state index contributed by atoms with van der Waals surface area (Å²) in [5.74, 6) is 0.934. The zero-order valence-corrected chi connectivity index (χ0v) is 24.0. The number of nitrogens with zero attached hydrogens (tertiary/aromatic N) is 5. The highest BCUT2D eigenvalue weighted by Gasteiger charge is 2.27. The molecule has 3 amide bonds. The van der Waals surface area contributed by atoms with Crippen LogP contribution in [0.3, 0.4) is 0 Å². The van der Waals surface area contributed by atoms with Gasteiger partial charge in [-0.1, -0.05) is 25.0 Å². The van der Waals surface area contributed by atoms with E-state index in [1.807, 2.05) is 45.8 Å². The number of piperidine rings is 1. The van der Waals surface area contributed by atoms with Gasteiger partial charge in [0.1, 0.15) is 11.5 Å². The molecule has 0 spiro atoms. The van der Waals surface area contributed by atoms with E-state index in [0.717, 1.165) is 88.3 Å². The Morgan fingerprint density at radius 2 is 1.73 bits per heavy atom. The molecule has 3 fully saturated rings. The number of anilines is 2. The molecule has 218 valence electrons. The summed E-state index contributed by atoms with van der Waals surface area (Å²) in [5.41, 5.74) is 3.56. The van der Waals surface area contributed by atoms with Crippen LogP contribution >= 0.6 is 0 Å². The molecule has 0 saturated carbocycles. The summed E-state index contributed by atoms with van der Waals surface area (Å²) in [5, 5.41) is 10.7. The summed E-state index contributed by atoms with van der Waals surface area (Å²) in [6.45, 7) is 6.09. The Kier molecular flexibility index (Phi) is 8.36. The highest BCUT2D eigenvalue weighted by molar-refractivity contribution is 5.94. The van der Waals surface area contributed by atoms with Crippen molar-refractivity contribution in [3.05, 3.63) is 42.1 Å². The lowest BCUT2D eigenvalue weighted by Crippen LogP contribution is -2.39. The van der Waals surface area contributed by atoms with E-state index in [2.05, 4.69) is 22.5 Å². The third-order valence-electron chi connectivity index (χ3n) is 8.57. The highest BCUT2D eigenvalue weighted by Crippen LogP contribution is 2.28. The smallest absolute Gasteiger partial charge is 0.319 e. The van der Waals surface area contributed by atoms with Crippen LogP contribution in [-0.2, 0) is 4.74 Å². The average Bonchev–Trinajstić information content (AvgIpc) is 3.63. The quantitative estimate of drug-likeness (QED) is 0.436. The molecule has 2 unspecified atom stereocenters. The summed E-state index contributed by atoms with van der Waals surface area (Å²) < 4.78 is 7.45. The van der Waals surface area contributed by atoms with Crippen molar-refractivity contribution in [2.24, 2.45) is 0 Å². The van der Waals surface area contributed by atoms with Crippen molar-refractivity contribution >= 4 is 29.1 Å². The number of fused-ring (bicyclic) bond motifs is 1. The molecule has 41 heavy (non-hydrogen) atoms. The van der Waals surface area contributed by atoms with Crippen LogP contribution in [0.15, 0.2) is 36.4 Å². The van der Waals surface area contributed by atoms with Gasteiger partial charge in [0.05, 0.1) is 11.8 Å². The van der Waals surface area contributed by atoms with Crippen molar-refractivity contribution in [3.8, 4) is 11.3 Å². The third kappa shape index (κ3) is 6.32. The zero-order chi connectivity index (χ0) is 28.2. The molecule has 3 aliphatic rings. The minimum absolute atomic E-state index is 0.0103. The number of carbonyl (C=O) groups is 2. The second-order valence-electron chi connectivity index (χ2n) is 11.6. The molecule has 6 rings (SSSR count). The Morgan fingerprint density at radius 3 is 2.51 bits per heavy atom. The Balaban J connectivity index is 1.24. The molecule has 1 aromatic carbocycles. The van der Waals surface area contributed by atoms with Crippen molar-refractivity contribution < 1.29 is 14.3 Å². The first-order chi connectivity index (χ1) is 20.0. The molecular formula is C31H41N7O3. The lowest BCUT2D eigenvalue weighted by Gasteiger charge is -2.30. The first-order valence-electron chi connectivity index (χ1n) is 15.3. The first kappa shape index (κ1) is 27.5. The van der Waals surface area contributed by atoms with Crippen molar-refractivity contribution in [3.63, 3.8) is 0 Å². The molecule has 5 heterocycles. The SMILES string of the molecule is CC1CCCCCN1C(=O)c1cc(N2CCCCC2)n2nc(-c3ccc(NC(=O)NCC4CCCO4)cc3)cc2n1. The van der Waals surface area contributed by atoms with Gasteiger partial charge in [-0.05, 0) is 64.0 Å². The maximum absolute atomic E-state index is 13.7. The number of urea groups is 1. The third-order valence-corrected chi connectivity index (χ3v) is 8.57. The summed E-state index contributed by atoms with van der Waals surface area (Å²) in [6, 6.07) is 11.5. The minimum atomic E-state index is -0.243. The van der Waals surface area contributed by atoms with Gasteiger partial charge in [-0.15, -0.1) is 0 Å². The average molecular weight is 560 g/mol. The van der Waals surface area contributed by atoms with E-state index >= 15 is 0 Å². The van der Waals surface area contributed by atoms with Crippen LogP contribution in [-0.4, -0.2) is 76.4 Å². The molecule has 2 atom stereocenters. The maximum Gasteiger partial charge on any atom is 0.319 e. The fourth-order valence-electron chi connectivity index (χ4n) is 6.19. The van der Waals surface area contributed by atoms with Crippen molar-refractivity contribution in [1.29, 1.82) is 0 Å².